The van der Waals surface area contributed by atoms with Gasteiger partial charge in [-0.2, -0.15) is 13.9 Å². The molecule has 0 atom stereocenters. The van der Waals surface area contributed by atoms with Gasteiger partial charge < -0.3 is 0 Å². The number of carbonyl (C=O) groups excluding carboxylic acids is 1. The lowest BCUT2D eigenvalue weighted by atomic mass is 9.93. The molecular weight excluding hydrogens is 226 g/mol. The van der Waals surface area contributed by atoms with Gasteiger partial charge in [0.2, 0.25) is 0 Å². The summed E-state index contributed by atoms with van der Waals surface area (Å²) in [5, 5.41) is 0.257. The highest BCUT2D eigenvalue weighted by Crippen LogP contribution is 2.39. The molecule has 2 rings (SSSR count). The van der Waals surface area contributed by atoms with Crippen LogP contribution in [-0.2, 0) is 5.38 Å². The molecule has 1 aromatic rings. The van der Waals surface area contributed by atoms with Crippen LogP contribution in [0.25, 0.3) is 0 Å². The molecule has 1 heterocycles. The smallest absolute Gasteiger partial charge is 0.298 e. The van der Waals surface area contributed by atoms with E-state index in [0.29, 0.717) is 6.29 Å². The van der Waals surface area contributed by atoms with Crippen LogP contribution in [0.1, 0.15) is 41.4 Å². The van der Waals surface area contributed by atoms with Crippen LogP contribution in [0.4, 0.5) is 8.78 Å². The Hall–Kier alpha value is -0.970. The van der Waals surface area contributed by atoms with Gasteiger partial charge in [-0.05, 0) is 30.9 Å². The number of aromatic nitrogens is 2. The molecule has 15 heavy (non-hydrogen) atoms. The second kappa shape index (κ2) is 3.56. The minimum absolute atomic E-state index is 0.0432. The molecule has 0 spiro atoms. The average molecular weight is 235 g/mol. The van der Waals surface area contributed by atoms with Crippen LogP contribution in [0.3, 0.4) is 0 Å². The summed E-state index contributed by atoms with van der Waals surface area (Å²) in [5.74, 6) is 0. The van der Waals surface area contributed by atoms with E-state index in [2.05, 4.69) is 5.10 Å². The summed E-state index contributed by atoms with van der Waals surface area (Å²) in [6.07, 6.45) is 4.10. The van der Waals surface area contributed by atoms with E-state index in [4.69, 9.17) is 11.6 Å². The molecule has 0 radical (unpaired) electrons. The summed E-state index contributed by atoms with van der Waals surface area (Å²) in [6, 6.07) is -0.0432. The number of halogens is 3. The normalized spacial score (nSPS) is 17.5. The molecule has 1 saturated carbocycles. The number of alkyl halides is 3. The first-order chi connectivity index (χ1) is 7.04. The summed E-state index contributed by atoms with van der Waals surface area (Å²) in [7, 11) is 0. The molecule has 82 valence electrons. The molecule has 0 N–H and O–H groups in total. The zero-order valence-electron chi connectivity index (χ0n) is 7.79. The molecule has 0 aliphatic heterocycles. The van der Waals surface area contributed by atoms with Crippen LogP contribution >= 0.6 is 11.6 Å². The highest BCUT2D eigenvalue weighted by Gasteiger charge is 2.38. The monoisotopic (exact) mass is 234 g/mol. The lowest BCUT2D eigenvalue weighted by Crippen LogP contribution is -2.24. The Balaban J connectivity index is 2.45. The Morgan fingerprint density at radius 1 is 1.60 bits per heavy atom. The van der Waals surface area contributed by atoms with E-state index in [9.17, 15) is 13.6 Å². The van der Waals surface area contributed by atoms with E-state index in [1.165, 1.54) is 4.68 Å². The predicted molar refractivity (Wildman–Crippen MR) is 50.2 cm³/mol. The average Bonchev–Trinajstić information content (AvgIpc) is 2.43. The molecule has 3 nitrogen and oxygen atoms in total. The van der Waals surface area contributed by atoms with Crippen LogP contribution in [0.5, 0.6) is 0 Å². The van der Waals surface area contributed by atoms with Crippen LogP contribution in [0.2, 0.25) is 0 Å². The number of aldehydes is 1. The summed E-state index contributed by atoms with van der Waals surface area (Å²) in [6.45, 7) is 0. The van der Waals surface area contributed by atoms with Gasteiger partial charge in [-0.25, -0.2) is 0 Å². The summed E-state index contributed by atoms with van der Waals surface area (Å²) in [4.78, 5) is 10.6. The first kappa shape index (κ1) is 10.5. The van der Waals surface area contributed by atoms with Crippen LogP contribution in [0.15, 0.2) is 6.20 Å². The highest BCUT2D eigenvalue weighted by molar-refractivity contribution is 6.22. The van der Waals surface area contributed by atoms with Gasteiger partial charge in [-0.1, -0.05) is 0 Å². The van der Waals surface area contributed by atoms with E-state index < -0.39 is 11.1 Å². The van der Waals surface area contributed by atoms with Gasteiger partial charge in [0.15, 0.2) is 6.29 Å². The number of rotatable bonds is 3. The summed E-state index contributed by atoms with van der Waals surface area (Å²) in [5.41, 5.74) is -0.620. The fourth-order valence-electron chi connectivity index (χ4n) is 1.66. The molecule has 1 aliphatic carbocycles. The maximum Gasteiger partial charge on any atom is 0.365 e. The maximum absolute atomic E-state index is 13.1. The molecule has 0 bridgehead atoms. The highest BCUT2D eigenvalue weighted by atomic mass is 35.5. The Bertz CT molecular complexity index is 382. The van der Waals surface area contributed by atoms with Gasteiger partial charge in [0, 0.05) is 0 Å². The molecule has 0 aromatic carbocycles. The minimum atomic E-state index is -3.54. The third-order valence-electron chi connectivity index (χ3n) is 2.64. The molecule has 0 amide bonds. The predicted octanol–water partition coefficient (Wildman–Crippen LogP) is 2.71. The molecule has 6 heteroatoms. The number of nitrogens with zero attached hydrogens (tertiary/aromatic N) is 2. The molecule has 1 aliphatic rings. The van der Waals surface area contributed by atoms with E-state index >= 15 is 0 Å². The Kier molecular flexibility index (Phi) is 2.50. The summed E-state index contributed by atoms with van der Waals surface area (Å²) >= 11 is 4.96. The van der Waals surface area contributed by atoms with Crippen molar-refractivity contribution in [2.45, 2.75) is 30.7 Å². The number of hydrogen-bond acceptors (Lipinski definition) is 2. The second-order valence-corrected chi connectivity index (χ2v) is 4.07. The zero-order chi connectivity index (χ0) is 11.1. The van der Waals surface area contributed by atoms with Crippen LogP contribution < -0.4 is 0 Å². The van der Waals surface area contributed by atoms with E-state index in [0.717, 1.165) is 25.5 Å². The quantitative estimate of drug-likeness (QED) is 0.595. The van der Waals surface area contributed by atoms with Crippen molar-refractivity contribution < 1.29 is 13.6 Å². The van der Waals surface area contributed by atoms with Crippen molar-refractivity contribution in [3.05, 3.63) is 17.5 Å². The Labute approximate surface area is 90.0 Å². The topological polar surface area (TPSA) is 34.9 Å². The molecule has 1 fully saturated rings. The van der Waals surface area contributed by atoms with Gasteiger partial charge in [-0.3, -0.25) is 9.48 Å². The van der Waals surface area contributed by atoms with Crippen molar-refractivity contribution in [1.29, 1.82) is 0 Å². The van der Waals surface area contributed by atoms with Crippen LogP contribution in [0, 0.1) is 0 Å². The maximum atomic E-state index is 13.1. The lowest BCUT2D eigenvalue weighted by molar-refractivity contribution is 0.0754. The van der Waals surface area contributed by atoms with Crippen molar-refractivity contribution >= 4 is 17.9 Å². The minimum Gasteiger partial charge on any atom is -0.298 e. The molecule has 1 aromatic heterocycles. The van der Waals surface area contributed by atoms with Crippen molar-refractivity contribution in [2.24, 2.45) is 0 Å². The Morgan fingerprint density at radius 2 is 2.27 bits per heavy atom. The standard InChI is InChI=1S/C9H9ClF2N2O/c10-9(11,12)8-6(5-15)4-13-14(8)7-2-1-3-7/h4-5,7H,1-3H2. The first-order valence-corrected chi connectivity index (χ1v) is 5.01. The van der Waals surface area contributed by atoms with E-state index in [-0.39, 0.29) is 11.6 Å². The number of hydrogen-bond donors (Lipinski definition) is 0. The molecular formula is C9H9ClF2N2O. The summed E-state index contributed by atoms with van der Waals surface area (Å²) < 4.78 is 27.3. The third kappa shape index (κ3) is 1.76. The largest absolute Gasteiger partial charge is 0.365 e. The fourth-order valence-corrected chi connectivity index (χ4v) is 1.86. The Morgan fingerprint density at radius 3 is 2.67 bits per heavy atom. The lowest BCUT2D eigenvalue weighted by Gasteiger charge is -2.28. The molecule has 0 saturated heterocycles. The first-order valence-electron chi connectivity index (χ1n) is 4.64. The zero-order valence-corrected chi connectivity index (χ0v) is 8.55. The molecule has 0 unspecified atom stereocenters. The van der Waals surface area contributed by atoms with Crippen molar-refractivity contribution in [3.63, 3.8) is 0 Å². The SMILES string of the molecule is O=Cc1cnn(C2CCC2)c1C(F)(F)Cl. The van der Waals surface area contributed by atoms with Crippen molar-refractivity contribution in [1.82, 2.24) is 9.78 Å². The van der Waals surface area contributed by atoms with Gasteiger partial charge in [0.1, 0.15) is 5.69 Å². The second-order valence-electron chi connectivity index (χ2n) is 3.59. The fraction of sp³-hybridized carbons (Fsp3) is 0.556. The van der Waals surface area contributed by atoms with Crippen molar-refractivity contribution in [3.8, 4) is 0 Å². The van der Waals surface area contributed by atoms with Crippen LogP contribution in [-0.4, -0.2) is 16.1 Å². The van der Waals surface area contributed by atoms with E-state index in [1.54, 1.807) is 0 Å². The van der Waals surface area contributed by atoms with Gasteiger partial charge in [-0.15, -0.1) is 0 Å². The van der Waals surface area contributed by atoms with Gasteiger partial charge >= 0.3 is 5.38 Å². The number of carbonyl (C=O) groups is 1. The van der Waals surface area contributed by atoms with E-state index in [1.807, 2.05) is 0 Å². The van der Waals surface area contributed by atoms with Crippen molar-refractivity contribution in [2.75, 3.05) is 0 Å². The third-order valence-corrected chi connectivity index (χ3v) is 2.82. The van der Waals surface area contributed by atoms with Gasteiger partial charge in [0.05, 0.1) is 17.8 Å². The van der Waals surface area contributed by atoms with Gasteiger partial charge in [0.25, 0.3) is 0 Å².